The van der Waals surface area contributed by atoms with Crippen molar-refractivity contribution in [2.45, 2.75) is 49.2 Å². The minimum atomic E-state index is -0.351. The Morgan fingerprint density at radius 2 is 2.25 bits per heavy atom. The molecule has 0 bridgehead atoms. The van der Waals surface area contributed by atoms with Crippen LogP contribution in [0.1, 0.15) is 30.7 Å². The van der Waals surface area contributed by atoms with E-state index in [0.717, 1.165) is 36.0 Å². The zero-order valence-corrected chi connectivity index (χ0v) is 16.8. The van der Waals surface area contributed by atoms with Crippen molar-refractivity contribution in [1.29, 1.82) is 0 Å². The minimum Gasteiger partial charge on any atom is -0.454 e. The molecule has 4 rings (SSSR count). The summed E-state index contributed by atoms with van der Waals surface area (Å²) in [5, 5.41) is 9.92. The van der Waals surface area contributed by atoms with Crippen LogP contribution in [0.5, 0.6) is 11.5 Å². The van der Waals surface area contributed by atoms with Crippen LogP contribution in [-0.2, 0) is 28.2 Å². The summed E-state index contributed by atoms with van der Waals surface area (Å²) in [5.74, 6) is 2.30. The number of ether oxygens (including phenoxy) is 3. The molecule has 0 spiro atoms. The Hall–Kier alpha value is -1.97. The van der Waals surface area contributed by atoms with Gasteiger partial charge in [0, 0.05) is 25.2 Å². The zero-order chi connectivity index (χ0) is 19.5. The standard InChI is InChI=1S/C18H21ClN4O4S/c19-13-6-11(7-14-17(13)27-10-26-14)9-28-18-22-21-16(4-3-15(20)24)23(18)8-12-2-1-5-25-12/h6-7,12H,1-5,8-10H2,(H2,20,24)/t12-/m0/s1. The number of carbonyl (C=O) groups is 1. The molecule has 1 fully saturated rings. The SMILES string of the molecule is NC(=O)CCc1nnc(SCc2cc(Cl)c3c(c2)OCO3)n1C[C@@H]1CCCO1. The van der Waals surface area contributed by atoms with Crippen molar-refractivity contribution in [2.24, 2.45) is 5.73 Å². The number of fused-ring (bicyclic) bond motifs is 1. The van der Waals surface area contributed by atoms with Crippen LogP contribution in [0.15, 0.2) is 17.3 Å². The van der Waals surface area contributed by atoms with Gasteiger partial charge in [0.2, 0.25) is 12.7 Å². The third-order valence-corrected chi connectivity index (χ3v) is 5.97. The fourth-order valence-electron chi connectivity index (χ4n) is 3.27. The highest BCUT2D eigenvalue weighted by Crippen LogP contribution is 2.40. The molecule has 1 atom stereocenters. The van der Waals surface area contributed by atoms with E-state index in [9.17, 15) is 4.79 Å². The molecule has 1 amide bonds. The number of primary amides is 1. The second-order valence-electron chi connectivity index (χ2n) is 6.71. The van der Waals surface area contributed by atoms with Crippen molar-refractivity contribution in [3.05, 3.63) is 28.5 Å². The van der Waals surface area contributed by atoms with E-state index in [1.54, 1.807) is 11.8 Å². The van der Waals surface area contributed by atoms with E-state index in [4.69, 9.17) is 31.5 Å². The van der Waals surface area contributed by atoms with Gasteiger partial charge in [-0.25, -0.2) is 0 Å². The van der Waals surface area contributed by atoms with Gasteiger partial charge >= 0.3 is 0 Å². The number of amides is 1. The minimum absolute atomic E-state index is 0.141. The van der Waals surface area contributed by atoms with Gasteiger partial charge in [-0.15, -0.1) is 10.2 Å². The molecule has 1 saturated heterocycles. The molecule has 2 N–H and O–H groups in total. The molecule has 0 saturated carbocycles. The first kappa shape index (κ1) is 19.4. The number of rotatable bonds is 8. The molecule has 3 heterocycles. The maximum atomic E-state index is 11.2. The average molecular weight is 425 g/mol. The highest BCUT2D eigenvalue weighted by Gasteiger charge is 2.22. The lowest BCUT2D eigenvalue weighted by Gasteiger charge is -2.14. The van der Waals surface area contributed by atoms with E-state index in [1.807, 2.05) is 16.7 Å². The highest BCUT2D eigenvalue weighted by molar-refractivity contribution is 7.98. The number of nitrogens with two attached hydrogens (primary N) is 1. The molecular formula is C18H21ClN4O4S. The predicted octanol–water partition coefficient (Wildman–Crippen LogP) is 2.55. The Morgan fingerprint density at radius 3 is 3.04 bits per heavy atom. The smallest absolute Gasteiger partial charge is 0.231 e. The Kier molecular flexibility index (Phi) is 5.93. The number of benzene rings is 1. The molecule has 1 aromatic heterocycles. The molecule has 1 aromatic carbocycles. The maximum absolute atomic E-state index is 11.2. The fourth-order valence-corrected chi connectivity index (χ4v) is 4.46. The number of aromatic nitrogens is 3. The fraction of sp³-hybridized carbons (Fsp3) is 0.500. The van der Waals surface area contributed by atoms with Crippen LogP contribution < -0.4 is 15.2 Å². The number of hydrogen-bond acceptors (Lipinski definition) is 7. The van der Waals surface area contributed by atoms with Crippen LogP contribution >= 0.6 is 23.4 Å². The molecule has 8 nitrogen and oxygen atoms in total. The molecule has 0 radical (unpaired) electrons. The van der Waals surface area contributed by atoms with E-state index in [2.05, 4.69) is 10.2 Å². The first-order valence-corrected chi connectivity index (χ1v) is 10.5. The van der Waals surface area contributed by atoms with Crippen molar-refractivity contribution in [2.75, 3.05) is 13.4 Å². The summed E-state index contributed by atoms with van der Waals surface area (Å²) in [6.07, 6.45) is 2.91. The Bertz CT molecular complexity index is 870. The van der Waals surface area contributed by atoms with Crippen LogP contribution in [0.25, 0.3) is 0 Å². The molecule has 10 heteroatoms. The van der Waals surface area contributed by atoms with Gasteiger partial charge in [-0.05, 0) is 30.5 Å². The lowest BCUT2D eigenvalue weighted by molar-refractivity contribution is -0.118. The molecule has 2 aliphatic rings. The predicted molar refractivity (Wildman–Crippen MR) is 104 cm³/mol. The summed E-state index contributed by atoms with van der Waals surface area (Å²) >= 11 is 7.82. The molecule has 0 aliphatic carbocycles. The molecule has 2 aliphatic heterocycles. The Balaban J connectivity index is 1.50. The molecule has 150 valence electrons. The number of aryl methyl sites for hydroxylation is 1. The average Bonchev–Trinajstić information content (AvgIpc) is 3.40. The molecular weight excluding hydrogens is 404 g/mol. The first-order chi connectivity index (χ1) is 13.6. The number of thioether (sulfide) groups is 1. The zero-order valence-electron chi connectivity index (χ0n) is 15.2. The van der Waals surface area contributed by atoms with E-state index >= 15 is 0 Å². The van der Waals surface area contributed by atoms with Crippen LogP contribution in [0, 0.1) is 0 Å². The van der Waals surface area contributed by atoms with Crippen molar-refractivity contribution >= 4 is 29.3 Å². The summed E-state index contributed by atoms with van der Waals surface area (Å²) in [4.78, 5) is 11.2. The van der Waals surface area contributed by atoms with Gasteiger partial charge in [-0.3, -0.25) is 4.79 Å². The quantitative estimate of drug-likeness (QED) is 0.649. The summed E-state index contributed by atoms with van der Waals surface area (Å²) in [7, 11) is 0. The van der Waals surface area contributed by atoms with Gasteiger partial charge in [0.1, 0.15) is 5.82 Å². The summed E-state index contributed by atoms with van der Waals surface area (Å²) in [5.41, 5.74) is 6.30. The van der Waals surface area contributed by atoms with Crippen molar-refractivity contribution in [3.8, 4) is 11.5 Å². The first-order valence-electron chi connectivity index (χ1n) is 9.13. The van der Waals surface area contributed by atoms with Gasteiger partial charge in [0.05, 0.1) is 17.7 Å². The van der Waals surface area contributed by atoms with Crippen molar-refractivity contribution in [1.82, 2.24) is 14.8 Å². The van der Waals surface area contributed by atoms with Crippen molar-refractivity contribution < 1.29 is 19.0 Å². The van der Waals surface area contributed by atoms with E-state index in [-0.39, 0.29) is 25.2 Å². The number of halogens is 1. The number of hydrogen-bond donors (Lipinski definition) is 1. The molecule has 28 heavy (non-hydrogen) atoms. The molecule has 0 unspecified atom stereocenters. The third-order valence-electron chi connectivity index (χ3n) is 4.65. The number of carbonyl (C=O) groups excluding carboxylic acids is 1. The normalized spacial score (nSPS) is 18.0. The number of nitrogens with zero attached hydrogens (tertiary/aromatic N) is 3. The largest absolute Gasteiger partial charge is 0.454 e. The van der Waals surface area contributed by atoms with Crippen LogP contribution in [0.4, 0.5) is 0 Å². The Labute approximate surface area is 171 Å². The summed E-state index contributed by atoms with van der Waals surface area (Å²) in [6.45, 7) is 1.64. The van der Waals surface area contributed by atoms with Gasteiger partial charge < -0.3 is 24.5 Å². The van der Waals surface area contributed by atoms with Crippen molar-refractivity contribution in [3.63, 3.8) is 0 Å². The summed E-state index contributed by atoms with van der Waals surface area (Å²) in [6, 6.07) is 3.80. The lowest BCUT2D eigenvalue weighted by atomic mass is 10.2. The van der Waals surface area contributed by atoms with E-state index < -0.39 is 0 Å². The third kappa shape index (κ3) is 4.37. The second-order valence-corrected chi connectivity index (χ2v) is 8.06. The second kappa shape index (κ2) is 8.59. The Morgan fingerprint density at radius 1 is 1.36 bits per heavy atom. The van der Waals surface area contributed by atoms with Crippen LogP contribution in [-0.4, -0.2) is 40.2 Å². The van der Waals surface area contributed by atoms with Gasteiger partial charge in [0.25, 0.3) is 0 Å². The lowest BCUT2D eigenvalue weighted by Crippen LogP contribution is -2.19. The van der Waals surface area contributed by atoms with Crippen LogP contribution in [0.3, 0.4) is 0 Å². The van der Waals surface area contributed by atoms with E-state index in [1.165, 1.54) is 0 Å². The van der Waals surface area contributed by atoms with Crippen LogP contribution in [0.2, 0.25) is 5.02 Å². The maximum Gasteiger partial charge on any atom is 0.231 e. The van der Waals surface area contributed by atoms with Gasteiger partial charge in [-0.1, -0.05) is 23.4 Å². The topological polar surface area (TPSA) is 101 Å². The van der Waals surface area contributed by atoms with Gasteiger partial charge in [-0.2, -0.15) is 0 Å². The highest BCUT2D eigenvalue weighted by atomic mass is 35.5. The molecule has 2 aromatic rings. The van der Waals surface area contributed by atoms with Gasteiger partial charge in [0.15, 0.2) is 16.7 Å². The monoisotopic (exact) mass is 424 g/mol. The van der Waals surface area contributed by atoms with E-state index in [0.29, 0.717) is 35.2 Å². The summed E-state index contributed by atoms with van der Waals surface area (Å²) < 4.78 is 18.6.